The molecule has 7 nitrogen and oxygen atoms in total. The fourth-order valence-electron chi connectivity index (χ4n) is 1.84. The molecule has 0 fully saturated rings. The van der Waals surface area contributed by atoms with Crippen LogP contribution in [0, 0.1) is 5.41 Å². The lowest BCUT2D eigenvalue weighted by Gasteiger charge is -2.32. The van der Waals surface area contributed by atoms with Crippen molar-refractivity contribution in [2.75, 3.05) is 0 Å². The van der Waals surface area contributed by atoms with Gasteiger partial charge in [-0.2, -0.15) is 0 Å². The van der Waals surface area contributed by atoms with Crippen LogP contribution in [0.3, 0.4) is 0 Å². The van der Waals surface area contributed by atoms with Gasteiger partial charge in [0.2, 0.25) is 0 Å². The Bertz CT molecular complexity index is 413. The number of carboxylic acid groups (broad SMARTS) is 2. The van der Waals surface area contributed by atoms with Gasteiger partial charge in [0, 0.05) is 12.8 Å². The van der Waals surface area contributed by atoms with E-state index in [-0.39, 0.29) is 12.8 Å². The third kappa shape index (κ3) is 6.37. The average molecular weight is 302 g/mol. The molecule has 120 valence electrons. The van der Waals surface area contributed by atoms with E-state index in [9.17, 15) is 19.2 Å². The van der Waals surface area contributed by atoms with Crippen molar-refractivity contribution in [2.45, 2.75) is 59.0 Å². The van der Waals surface area contributed by atoms with Crippen LogP contribution in [0.15, 0.2) is 0 Å². The second kappa shape index (κ2) is 7.19. The Morgan fingerprint density at radius 3 is 1.52 bits per heavy atom. The number of rotatable bonds is 8. The molecule has 0 rings (SSSR count). The number of carbonyl (C=O) groups is 4. The SMILES string of the molecule is CC(=O)C(CCC(=O)O)(CCC(=O)O)C(=O)OC(C)(C)C. The minimum Gasteiger partial charge on any atom is -0.481 e. The van der Waals surface area contributed by atoms with E-state index < -0.39 is 47.5 Å². The first kappa shape index (κ1) is 19.1. The van der Waals surface area contributed by atoms with E-state index >= 15 is 0 Å². The number of Topliss-reactive ketones (excluding diaryl/α,β-unsaturated/α-hetero) is 1. The normalized spacial score (nSPS) is 11.8. The molecule has 0 saturated carbocycles. The van der Waals surface area contributed by atoms with Crippen LogP contribution >= 0.6 is 0 Å². The lowest BCUT2D eigenvalue weighted by atomic mass is 9.75. The summed E-state index contributed by atoms with van der Waals surface area (Å²) in [6.07, 6.45) is -1.39. The number of ketones is 1. The molecule has 0 atom stereocenters. The zero-order valence-electron chi connectivity index (χ0n) is 12.8. The molecular formula is C14H22O7. The third-order valence-electron chi connectivity index (χ3n) is 2.99. The maximum atomic E-state index is 12.3. The van der Waals surface area contributed by atoms with Crippen molar-refractivity contribution >= 4 is 23.7 Å². The van der Waals surface area contributed by atoms with Gasteiger partial charge in [0.15, 0.2) is 0 Å². The number of esters is 1. The van der Waals surface area contributed by atoms with Crippen LogP contribution in [0.4, 0.5) is 0 Å². The lowest BCUT2D eigenvalue weighted by molar-refractivity contribution is -0.171. The summed E-state index contributed by atoms with van der Waals surface area (Å²) in [7, 11) is 0. The van der Waals surface area contributed by atoms with E-state index in [1.807, 2.05) is 0 Å². The van der Waals surface area contributed by atoms with Crippen LogP contribution in [-0.4, -0.2) is 39.5 Å². The first-order chi connectivity index (χ1) is 9.40. The van der Waals surface area contributed by atoms with Crippen LogP contribution in [0.25, 0.3) is 0 Å². The van der Waals surface area contributed by atoms with Gasteiger partial charge in [0.25, 0.3) is 0 Å². The Labute approximate surface area is 123 Å². The van der Waals surface area contributed by atoms with Crippen LogP contribution in [0.1, 0.15) is 53.4 Å². The van der Waals surface area contributed by atoms with Gasteiger partial charge in [-0.15, -0.1) is 0 Å². The Kier molecular flexibility index (Phi) is 6.53. The third-order valence-corrected chi connectivity index (χ3v) is 2.99. The smallest absolute Gasteiger partial charge is 0.320 e. The molecule has 0 radical (unpaired) electrons. The van der Waals surface area contributed by atoms with Crippen molar-refractivity contribution < 1.29 is 34.1 Å². The summed E-state index contributed by atoms with van der Waals surface area (Å²) in [5.74, 6) is -3.79. The predicted octanol–water partition coefficient (Wildman–Crippen LogP) is 1.63. The molecular weight excluding hydrogens is 280 g/mol. The fourth-order valence-corrected chi connectivity index (χ4v) is 1.84. The van der Waals surface area contributed by atoms with Gasteiger partial charge in [-0.05, 0) is 40.5 Å². The van der Waals surface area contributed by atoms with Crippen LogP contribution in [-0.2, 0) is 23.9 Å². The summed E-state index contributed by atoms with van der Waals surface area (Å²) in [5, 5.41) is 17.5. The van der Waals surface area contributed by atoms with Crippen LogP contribution < -0.4 is 0 Å². The standard InChI is InChI=1S/C14H22O7/c1-9(15)14(7-5-10(16)17,8-6-11(18)19)12(20)21-13(2,3)4/h5-8H2,1-4H3,(H,16,17)(H,18,19). The van der Waals surface area contributed by atoms with Gasteiger partial charge in [0.05, 0.1) is 0 Å². The zero-order chi connectivity index (χ0) is 16.8. The molecule has 0 spiro atoms. The number of carboxylic acids is 2. The van der Waals surface area contributed by atoms with Crippen molar-refractivity contribution in [3.8, 4) is 0 Å². The molecule has 21 heavy (non-hydrogen) atoms. The van der Waals surface area contributed by atoms with E-state index in [2.05, 4.69) is 0 Å². The molecule has 0 unspecified atom stereocenters. The van der Waals surface area contributed by atoms with Gasteiger partial charge < -0.3 is 14.9 Å². The summed E-state index contributed by atoms with van der Waals surface area (Å²) in [6, 6.07) is 0. The highest BCUT2D eigenvalue weighted by Gasteiger charge is 2.46. The highest BCUT2D eigenvalue weighted by atomic mass is 16.6. The van der Waals surface area contributed by atoms with Gasteiger partial charge in [-0.25, -0.2) is 0 Å². The molecule has 0 saturated heterocycles. The van der Waals surface area contributed by atoms with E-state index in [0.29, 0.717) is 0 Å². The lowest BCUT2D eigenvalue weighted by Crippen LogP contribution is -2.43. The number of ether oxygens (including phenoxy) is 1. The maximum absolute atomic E-state index is 12.3. The number of hydrogen-bond donors (Lipinski definition) is 2. The van der Waals surface area contributed by atoms with Crippen molar-refractivity contribution in [2.24, 2.45) is 5.41 Å². The van der Waals surface area contributed by atoms with Crippen LogP contribution in [0.5, 0.6) is 0 Å². The zero-order valence-corrected chi connectivity index (χ0v) is 12.8. The molecule has 2 N–H and O–H groups in total. The van der Waals surface area contributed by atoms with Crippen molar-refractivity contribution in [3.63, 3.8) is 0 Å². The molecule has 0 aliphatic heterocycles. The van der Waals surface area contributed by atoms with Crippen LogP contribution in [0.2, 0.25) is 0 Å². The number of hydrogen-bond acceptors (Lipinski definition) is 5. The fraction of sp³-hybridized carbons (Fsp3) is 0.714. The summed E-state index contributed by atoms with van der Waals surface area (Å²) in [5.41, 5.74) is -2.59. The van der Waals surface area contributed by atoms with Crippen molar-refractivity contribution in [3.05, 3.63) is 0 Å². The summed E-state index contributed by atoms with van der Waals surface area (Å²) in [4.78, 5) is 45.7. The summed E-state index contributed by atoms with van der Waals surface area (Å²) >= 11 is 0. The second-order valence-electron chi connectivity index (χ2n) is 5.93. The van der Waals surface area contributed by atoms with Gasteiger partial charge in [-0.3, -0.25) is 19.2 Å². The number of carbonyl (C=O) groups excluding carboxylic acids is 2. The van der Waals surface area contributed by atoms with Gasteiger partial charge in [-0.1, -0.05) is 0 Å². The van der Waals surface area contributed by atoms with Gasteiger partial charge >= 0.3 is 17.9 Å². The molecule has 0 heterocycles. The monoisotopic (exact) mass is 302 g/mol. The second-order valence-corrected chi connectivity index (χ2v) is 5.93. The highest BCUT2D eigenvalue weighted by Crippen LogP contribution is 2.34. The topological polar surface area (TPSA) is 118 Å². The molecule has 0 bridgehead atoms. The minimum absolute atomic E-state index is 0.278. The molecule has 0 aliphatic carbocycles. The minimum atomic E-state index is -1.73. The van der Waals surface area contributed by atoms with Crippen molar-refractivity contribution in [1.29, 1.82) is 0 Å². The Balaban J connectivity index is 5.44. The Hall–Kier alpha value is -1.92. The summed E-state index contributed by atoms with van der Waals surface area (Å²) < 4.78 is 5.18. The Morgan fingerprint density at radius 1 is 0.905 bits per heavy atom. The molecule has 7 heteroatoms. The maximum Gasteiger partial charge on any atom is 0.320 e. The molecule has 0 aliphatic rings. The quantitative estimate of drug-likeness (QED) is 0.516. The van der Waals surface area contributed by atoms with E-state index in [4.69, 9.17) is 14.9 Å². The van der Waals surface area contributed by atoms with E-state index in [1.54, 1.807) is 20.8 Å². The summed E-state index contributed by atoms with van der Waals surface area (Å²) in [6.45, 7) is 5.99. The molecule has 0 amide bonds. The van der Waals surface area contributed by atoms with E-state index in [0.717, 1.165) is 6.92 Å². The highest BCUT2D eigenvalue weighted by molar-refractivity contribution is 6.03. The molecule has 0 aromatic rings. The first-order valence-electron chi connectivity index (χ1n) is 6.59. The molecule has 0 aromatic carbocycles. The number of aliphatic carboxylic acids is 2. The first-order valence-corrected chi connectivity index (χ1v) is 6.59. The largest absolute Gasteiger partial charge is 0.481 e. The average Bonchev–Trinajstić information content (AvgIpc) is 2.25. The van der Waals surface area contributed by atoms with Crippen molar-refractivity contribution in [1.82, 2.24) is 0 Å². The predicted molar refractivity (Wildman–Crippen MR) is 72.7 cm³/mol. The molecule has 0 aromatic heterocycles. The van der Waals surface area contributed by atoms with E-state index in [1.165, 1.54) is 0 Å². The van der Waals surface area contributed by atoms with Gasteiger partial charge in [0.1, 0.15) is 16.8 Å². The Morgan fingerprint density at radius 2 is 1.29 bits per heavy atom.